The Balaban J connectivity index is 1.29. The molecule has 8 heteroatoms. The number of carbonyl (C=O) groups excluding carboxylic acids is 1. The summed E-state index contributed by atoms with van der Waals surface area (Å²) in [4.78, 5) is 24.0. The summed E-state index contributed by atoms with van der Waals surface area (Å²) >= 11 is 1.73. The van der Waals surface area contributed by atoms with Crippen LogP contribution in [0.25, 0.3) is 11.4 Å². The minimum absolute atomic E-state index is 0.0491. The van der Waals surface area contributed by atoms with Crippen LogP contribution in [0.3, 0.4) is 0 Å². The highest BCUT2D eigenvalue weighted by Crippen LogP contribution is 2.30. The van der Waals surface area contributed by atoms with E-state index in [-0.39, 0.29) is 11.8 Å². The fraction of sp³-hybridized carbons (Fsp3) is 0.500. The summed E-state index contributed by atoms with van der Waals surface area (Å²) in [6, 6.07) is 12.7. The van der Waals surface area contributed by atoms with Gasteiger partial charge in [-0.1, -0.05) is 30.5 Å². The predicted octanol–water partition coefficient (Wildman–Crippen LogP) is 5.38. The van der Waals surface area contributed by atoms with E-state index in [1.807, 2.05) is 24.3 Å². The summed E-state index contributed by atoms with van der Waals surface area (Å²) in [6.07, 6.45) is 7.78. The van der Waals surface area contributed by atoms with Gasteiger partial charge in [0.2, 0.25) is 11.7 Å². The summed E-state index contributed by atoms with van der Waals surface area (Å²) < 4.78 is 10.8. The van der Waals surface area contributed by atoms with E-state index in [0.29, 0.717) is 24.4 Å². The number of carbonyl (C=O) groups is 1. The zero-order valence-electron chi connectivity index (χ0n) is 19.7. The molecule has 5 rings (SSSR count). The van der Waals surface area contributed by atoms with E-state index in [1.54, 1.807) is 18.4 Å². The Kier molecular flexibility index (Phi) is 7.13. The Bertz CT molecular complexity index is 1060. The Morgan fingerprint density at radius 1 is 1.15 bits per heavy atom. The number of nitrogens with zero attached hydrogens (tertiary/aromatic N) is 4. The molecule has 2 fully saturated rings. The van der Waals surface area contributed by atoms with E-state index in [0.717, 1.165) is 50.1 Å². The smallest absolute Gasteiger partial charge is 0.324 e. The monoisotopic (exact) mass is 480 g/mol. The average molecular weight is 481 g/mol. The number of hydrogen-bond donors (Lipinski definition) is 0. The highest BCUT2D eigenvalue weighted by Gasteiger charge is 2.34. The van der Waals surface area contributed by atoms with Gasteiger partial charge in [-0.3, -0.25) is 4.79 Å². The third-order valence-corrected chi connectivity index (χ3v) is 7.87. The van der Waals surface area contributed by atoms with Crippen molar-refractivity contribution >= 4 is 23.3 Å². The molecule has 2 aromatic heterocycles. The molecule has 1 aromatic carbocycles. The zero-order valence-corrected chi connectivity index (χ0v) is 20.5. The summed E-state index contributed by atoms with van der Waals surface area (Å²) in [5, 5.41) is 6.28. The molecule has 0 radical (unpaired) electrons. The molecule has 34 heavy (non-hydrogen) atoms. The van der Waals surface area contributed by atoms with Crippen molar-refractivity contribution in [1.29, 1.82) is 0 Å². The number of amides is 1. The second kappa shape index (κ2) is 10.6. The van der Waals surface area contributed by atoms with Crippen molar-refractivity contribution < 1.29 is 14.1 Å². The van der Waals surface area contributed by atoms with E-state index in [2.05, 4.69) is 37.5 Å². The van der Waals surface area contributed by atoms with E-state index in [1.165, 1.54) is 24.1 Å². The molecule has 180 valence electrons. The predicted molar refractivity (Wildman–Crippen MR) is 133 cm³/mol. The summed E-state index contributed by atoms with van der Waals surface area (Å²) in [5.74, 6) is 1.56. The van der Waals surface area contributed by atoms with Crippen LogP contribution in [0, 0.1) is 5.92 Å². The largest absolute Gasteiger partial charge is 0.497 e. The van der Waals surface area contributed by atoms with Gasteiger partial charge in [0.05, 0.1) is 19.6 Å². The molecule has 1 saturated heterocycles. The molecule has 1 saturated carbocycles. The third kappa shape index (κ3) is 5.12. The van der Waals surface area contributed by atoms with Crippen molar-refractivity contribution in [2.75, 3.05) is 25.1 Å². The van der Waals surface area contributed by atoms with Gasteiger partial charge in [0.25, 0.3) is 0 Å². The second-order valence-electron chi connectivity index (χ2n) is 9.25. The van der Waals surface area contributed by atoms with Crippen molar-refractivity contribution in [2.24, 2.45) is 5.92 Å². The van der Waals surface area contributed by atoms with Gasteiger partial charge in [0.1, 0.15) is 5.75 Å². The molecule has 1 atom stereocenters. The van der Waals surface area contributed by atoms with Gasteiger partial charge in [-0.25, -0.2) is 0 Å². The first kappa shape index (κ1) is 22.9. The first-order chi connectivity index (χ1) is 16.7. The molecule has 0 N–H and O–H groups in total. The van der Waals surface area contributed by atoms with Crippen LogP contribution in [0.15, 0.2) is 46.3 Å². The van der Waals surface area contributed by atoms with Crippen LogP contribution in [0.4, 0.5) is 6.01 Å². The normalized spacial score (nSPS) is 19.2. The lowest BCUT2D eigenvalue weighted by atomic mass is 9.91. The second-order valence-corrected chi connectivity index (χ2v) is 10.3. The minimum atomic E-state index is -0.0491. The molecule has 0 bridgehead atoms. The van der Waals surface area contributed by atoms with Gasteiger partial charge in [-0.05, 0) is 61.4 Å². The van der Waals surface area contributed by atoms with Crippen LogP contribution in [-0.4, -0.2) is 47.2 Å². The lowest BCUT2D eigenvalue weighted by Gasteiger charge is -2.39. The number of hydrogen-bond acceptors (Lipinski definition) is 7. The molecule has 3 aromatic rings. The molecule has 2 aliphatic rings. The fourth-order valence-electron chi connectivity index (χ4n) is 5.14. The molecule has 7 nitrogen and oxygen atoms in total. The van der Waals surface area contributed by atoms with Gasteiger partial charge < -0.3 is 19.1 Å². The van der Waals surface area contributed by atoms with E-state index >= 15 is 0 Å². The zero-order chi connectivity index (χ0) is 23.3. The molecule has 1 unspecified atom stereocenters. The molecule has 1 aliphatic heterocycles. The van der Waals surface area contributed by atoms with Crippen molar-refractivity contribution in [2.45, 2.75) is 57.5 Å². The number of piperidine rings is 1. The number of aromatic nitrogens is 2. The number of thiophene rings is 1. The number of rotatable bonds is 7. The Morgan fingerprint density at radius 2 is 1.97 bits per heavy atom. The molecular formula is C26H32N4O3S. The van der Waals surface area contributed by atoms with Crippen LogP contribution in [0.5, 0.6) is 5.75 Å². The number of ether oxygens (including phenoxy) is 1. The third-order valence-electron chi connectivity index (χ3n) is 7.01. The minimum Gasteiger partial charge on any atom is -0.497 e. The maximum atomic E-state index is 13.8. The lowest BCUT2D eigenvalue weighted by Crippen LogP contribution is -2.48. The summed E-state index contributed by atoms with van der Waals surface area (Å²) in [7, 11) is 1.64. The average Bonchev–Trinajstić information content (AvgIpc) is 3.60. The Hall–Kier alpha value is -2.87. The number of methoxy groups -OCH3 is 1. The standard InChI is InChI=1S/C26H32N4O3S/c1-32-22-13-11-19(12-14-22)24-27-26(33-28-24)29-15-5-7-20(17-29)25(31)30(18-23-10-6-16-34-23)21-8-3-2-4-9-21/h6,10-14,16,20-21H,2-5,7-9,15,17-18H2,1H3. The van der Waals surface area contributed by atoms with E-state index in [4.69, 9.17) is 9.26 Å². The van der Waals surface area contributed by atoms with Gasteiger partial charge in [-0.2, -0.15) is 4.98 Å². The van der Waals surface area contributed by atoms with Crippen LogP contribution in [0.1, 0.15) is 49.8 Å². The van der Waals surface area contributed by atoms with Crippen LogP contribution < -0.4 is 9.64 Å². The van der Waals surface area contributed by atoms with Gasteiger partial charge in [-0.15, -0.1) is 11.3 Å². The number of anilines is 1. The molecular weight excluding hydrogens is 448 g/mol. The molecule has 1 aliphatic carbocycles. The summed E-state index contributed by atoms with van der Waals surface area (Å²) in [5.41, 5.74) is 0.875. The highest BCUT2D eigenvalue weighted by atomic mass is 32.1. The van der Waals surface area contributed by atoms with Crippen molar-refractivity contribution in [3.63, 3.8) is 0 Å². The van der Waals surface area contributed by atoms with Crippen molar-refractivity contribution in [1.82, 2.24) is 15.0 Å². The SMILES string of the molecule is COc1ccc(-c2noc(N3CCCC(C(=O)N(Cc4cccs4)C4CCCCC4)C3)n2)cc1. The first-order valence-electron chi connectivity index (χ1n) is 12.3. The Morgan fingerprint density at radius 3 is 2.71 bits per heavy atom. The van der Waals surface area contributed by atoms with Crippen LogP contribution >= 0.6 is 11.3 Å². The van der Waals surface area contributed by atoms with E-state index in [9.17, 15) is 4.79 Å². The lowest BCUT2D eigenvalue weighted by molar-refractivity contribution is -0.139. The van der Waals surface area contributed by atoms with Gasteiger partial charge in [0, 0.05) is 29.6 Å². The molecule has 0 spiro atoms. The maximum Gasteiger partial charge on any atom is 0.324 e. The number of benzene rings is 1. The maximum absolute atomic E-state index is 13.8. The van der Waals surface area contributed by atoms with Crippen LogP contribution in [-0.2, 0) is 11.3 Å². The summed E-state index contributed by atoms with van der Waals surface area (Å²) in [6.45, 7) is 2.17. The van der Waals surface area contributed by atoms with Crippen LogP contribution in [0.2, 0.25) is 0 Å². The van der Waals surface area contributed by atoms with Crippen molar-refractivity contribution in [3.05, 3.63) is 46.7 Å². The highest BCUT2D eigenvalue weighted by molar-refractivity contribution is 7.09. The first-order valence-corrected chi connectivity index (χ1v) is 13.1. The molecule has 3 heterocycles. The quantitative estimate of drug-likeness (QED) is 0.452. The molecule has 1 amide bonds. The Labute approximate surface area is 204 Å². The van der Waals surface area contributed by atoms with Gasteiger partial charge in [0.15, 0.2) is 0 Å². The van der Waals surface area contributed by atoms with Gasteiger partial charge >= 0.3 is 6.01 Å². The van der Waals surface area contributed by atoms with E-state index < -0.39 is 0 Å². The van der Waals surface area contributed by atoms with Crippen molar-refractivity contribution in [3.8, 4) is 17.1 Å². The topological polar surface area (TPSA) is 71.7 Å². The fourth-order valence-corrected chi connectivity index (χ4v) is 5.84.